The standard InChI is InChI=1S/C9H14N4O/c1-14-8-6-9(12-11-7-8)13-4-2-10-3-5-13/h6-7,10H,2-5H2,1H3. The van der Waals surface area contributed by atoms with Gasteiger partial charge in [0, 0.05) is 32.2 Å². The lowest BCUT2D eigenvalue weighted by molar-refractivity contribution is 0.411. The van der Waals surface area contributed by atoms with E-state index in [0.717, 1.165) is 37.7 Å². The van der Waals surface area contributed by atoms with Crippen molar-refractivity contribution in [2.24, 2.45) is 0 Å². The van der Waals surface area contributed by atoms with Crippen molar-refractivity contribution in [1.82, 2.24) is 15.5 Å². The molecule has 0 radical (unpaired) electrons. The van der Waals surface area contributed by atoms with E-state index in [9.17, 15) is 0 Å². The Balaban J connectivity index is 2.13. The third kappa shape index (κ3) is 1.93. The summed E-state index contributed by atoms with van der Waals surface area (Å²) in [5, 5.41) is 11.3. The highest BCUT2D eigenvalue weighted by molar-refractivity contribution is 5.42. The number of hydrogen-bond donors (Lipinski definition) is 1. The number of anilines is 1. The van der Waals surface area contributed by atoms with Crippen LogP contribution in [-0.2, 0) is 0 Å². The van der Waals surface area contributed by atoms with Gasteiger partial charge in [-0.3, -0.25) is 0 Å². The monoisotopic (exact) mass is 194 g/mol. The van der Waals surface area contributed by atoms with Crippen LogP contribution < -0.4 is 15.0 Å². The Morgan fingerprint density at radius 3 is 2.93 bits per heavy atom. The van der Waals surface area contributed by atoms with E-state index in [-0.39, 0.29) is 0 Å². The fourth-order valence-corrected chi connectivity index (χ4v) is 1.50. The Labute approximate surface area is 83.1 Å². The minimum atomic E-state index is 0.758. The first-order valence-electron chi connectivity index (χ1n) is 4.72. The molecule has 76 valence electrons. The van der Waals surface area contributed by atoms with E-state index >= 15 is 0 Å². The molecule has 5 nitrogen and oxygen atoms in total. The van der Waals surface area contributed by atoms with E-state index in [2.05, 4.69) is 20.4 Å². The Kier molecular flexibility index (Phi) is 2.78. The van der Waals surface area contributed by atoms with Crippen LogP contribution in [0.1, 0.15) is 0 Å². The molecule has 1 N–H and O–H groups in total. The maximum atomic E-state index is 5.10. The van der Waals surface area contributed by atoms with Gasteiger partial charge in [-0.05, 0) is 0 Å². The van der Waals surface area contributed by atoms with Crippen LogP contribution in [0.15, 0.2) is 12.3 Å². The molecule has 0 saturated carbocycles. The molecule has 0 spiro atoms. The van der Waals surface area contributed by atoms with Crippen molar-refractivity contribution < 1.29 is 4.74 Å². The van der Waals surface area contributed by atoms with Crippen molar-refractivity contribution in [2.75, 3.05) is 38.2 Å². The van der Waals surface area contributed by atoms with E-state index in [4.69, 9.17) is 4.74 Å². The smallest absolute Gasteiger partial charge is 0.155 e. The van der Waals surface area contributed by atoms with Gasteiger partial charge >= 0.3 is 0 Å². The highest BCUT2D eigenvalue weighted by Crippen LogP contribution is 2.16. The van der Waals surface area contributed by atoms with Gasteiger partial charge < -0.3 is 15.0 Å². The van der Waals surface area contributed by atoms with Crippen molar-refractivity contribution in [1.29, 1.82) is 0 Å². The molecule has 1 aliphatic rings. The van der Waals surface area contributed by atoms with Crippen LogP contribution in [0, 0.1) is 0 Å². The van der Waals surface area contributed by atoms with Gasteiger partial charge in [-0.2, -0.15) is 5.10 Å². The van der Waals surface area contributed by atoms with Gasteiger partial charge in [-0.25, -0.2) is 0 Å². The summed E-state index contributed by atoms with van der Waals surface area (Å²) in [4.78, 5) is 2.20. The van der Waals surface area contributed by atoms with Crippen molar-refractivity contribution in [3.05, 3.63) is 12.3 Å². The molecule has 0 amide bonds. The number of piperazine rings is 1. The quantitative estimate of drug-likeness (QED) is 0.712. The Bertz CT molecular complexity index is 299. The molecule has 1 fully saturated rings. The van der Waals surface area contributed by atoms with E-state index in [1.54, 1.807) is 13.3 Å². The molecule has 1 saturated heterocycles. The van der Waals surface area contributed by atoms with Crippen LogP contribution >= 0.6 is 0 Å². The molecule has 0 unspecified atom stereocenters. The maximum absolute atomic E-state index is 5.10. The van der Waals surface area contributed by atoms with Crippen LogP contribution in [-0.4, -0.2) is 43.5 Å². The number of aromatic nitrogens is 2. The molecular formula is C9H14N4O. The van der Waals surface area contributed by atoms with Gasteiger partial charge in [0.15, 0.2) is 5.82 Å². The first-order chi connectivity index (χ1) is 6.90. The summed E-state index contributed by atoms with van der Waals surface area (Å²) in [5.74, 6) is 1.65. The number of methoxy groups -OCH3 is 1. The molecule has 0 atom stereocenters. The maximum Gasteiger partial charge on any atom is 0.155 e. The van der Waals surface area contributed by atoms with Gasteiger partial charge in [0.2, 0.25) is 0 Å². The van der Waals surface area contributed by atoms with Gasteiger partial charge in [0.25, 0.3) is 0 Å². The summed E-state index contributed by atoms with van der Waals surface area (Å²) < 4.78 is 5.10. The average Bonchev–Trinajstić information content (AvgIpc) is 2.30. The Hall–Kier alpha value is -1.36. The predicted octanol–water partition coefficient (Wildman–Crippen LogP) is -0.105. The SMILES string of the molecule is COc1cnnc(N2CCNCC2)c1. The molecule has 1 aliphatic heterocycles. The van der Waals surface area contributed by atoms with Crippen molar-refractivity contribution in [2.45, 2.75) is 0 Å². The molecule has 2 heterocycles. The number of nitrogens with one attached hydrogen (secondary N) is 1. The van der Waals surface area contributed by atoms with Crippen molar-refractivity contribution in [3.63, 3.8) is 0 Å². The van der Waals surface area contributed by atoms with Crippen LogP contribution in [0.25, 0.3) is 0 Å². The van der Waals surface area contributed by atoms with Gasteiger partial charge in [-0.15, -0.1) is 5.10 Å². The second kappa shape index (κ2) is 4.23. The van der Waals surface area contributed by atoms with E-state index < -0.39 is 0 Å². The second-order valence-corrected chi connectivity index (χ2v) is 3.19. The third-order valence-electron chi connectivity index (χ3n) is 2.29. The highest BCUT2D eigenvalue weighted by Gasteiger charge is 2.12. The molecule has 5 heteroatoms. The minimum absolute atomic E-state index is 0.758. The zero-order chi connectivity index (χ0) is 9.80. The summed E-state index contributed by atoms with van der Waals surface area (Å²) in [6.45, 7) is 3.95. The number of ether oxygens (including phenoxy) is 1. The first kappa shape index (κ1) is 9.21. The van der Waals surface area contributed by atoms with Gasteiger partial charge in [-0.1, -0.05) is 0 Å². The van der Waals surface area contributed by atoms with Crippen molar-refractivity contribution >= 4 is 5.82 Å². The van der Waals surface area contributed by atoms with E-state index in [1.807, 2.05) is 6.07 Å². The number of hydrogen-bond acceptors (Lipinski definition) is 5. The van der Waals surface area contributed by atoms with Gasteiger partial charge in [0.05, 0.1) is 13.3 Å². The lowest BCUT2D eigenvalue weighted by atomic mass is 10.3. The zero-order valence-electron chi connectivity index (χ0n) is 8.23. The molecule has 1 aromatic rings. The molecule has 0 aromatic carbocycles. The summed E-state index contributed by atoms with van der Waals surface area (Å²) in [5.41, 5.74) is 0. The zero-order valence-corrected chi connectivity index (χ0v) is 8.23. The highest BCUT2D eigenvalue weighted by atomic mass is 16.5. The van der Waals surface area contributed by atoms with Crippen molar-refractivity contribution in [3.8, 4) is 5.75 Å². The van der Waals surface area contributed by atoms with E-state index in [1.165, 1.54) is 0 Å². The Morgan fingerprint density at radius 2 is 2.21 bits per heavy atom. The summed E-state index contributed by atoms with van der Waals surface area (Å²) in [7, 11) is 1.64. The Morgan fingerprint density at radius 1 is 1.43 bits per heavy atom. The number of nitrogens with zero attached hydrogens (tertiary/aromatic N) is 3. The molecule has 14 heavy (non-hydrogen) atoms. The number of rotatable bonds is 2. The van der Waals surface area contributed by atoms with Crippen LogP contribution in [0.5, 0.6) is 5.75 Å². The molecule has 0 aliphatic carbocycles. The third-order valence-corrected chi connectivity index (χ3v) is 2.29. The lowest BCUT2D eigenvalue weighted by Crippen LogP contribution is -2.43. The van der Waals surface area contributed by atoms with Crippen LogP contribution in [0.4, 0.5) is 5.82 Å². The summed E-state index contributed by atoms with van der Waals surface area (Å²) >= 11 is 0. The molecule has 2 rings (SSSR count). The normalized spacial score (nSPS) is 16.8. The summed E-state index contributed by atoms with van der Waals surface area (Å²) in [6.07, 6.45) is 1.62. The lowest BCUT2D eigenvalue weighted by Gasteiger charge is -2.27. The van der Waals surface area contributed by atoms with Crippen LogP contribution in [0.2, 0.25) is 0 Å². The molecule has 0 bridgehead atoms. The first-order valence-corrected chi connectivity index (χ1v) is 4.72. The molecular weight excluding hydrogens is 180 g/mol. The fourth-order valence-electron chi connectivity index (χ4n) is 1.50. The van der Waals surface area contributed by atoms with Crippen LogP contribution in [0.3, 0.4) is 0 Å². The second-order valence-electron chi connectivity index (χ2n) is 3.19. The predicted molar refractivity (Wildman–Crippen MR) is 53.7 cm³/mol. The largest absolute Gasteiger partial charge is 0.495 e. The molecule has 1 aromatic heterocycles. The summed E-state index contributed by atoms with van der Waals surface area (Å²) in [6, 6.07) is 1.92. The fraction of sp³-hybridized carbons (Fsp3) is 0.556. The van der Waals surface area contributed by atoms with Gasteiger partial charge in [0.1, 0.15) is 5.75 Å². The minimum Gasteiger partial charge on any atom is -0.495 e. The van der Waals surface area contributed by atoms with E-state index in [0.29, 0.717) is 0 Å². The topological polar surface area (TPSA) is 50.3 Å². The average molecular weight is 194 g/mol.